The molecular weight excluding hydrogens is 260 g/mol. The smallest absolute Gasteiger partial charge is 0.134 e. The Morgan fingerprint density at radius 2 is 1.62 bits per heavy atom. The zero-order chi connectivity index (χ0) is 15.6. The lowest BCUT2D eigenvalue weighted by Crippen LogP contribution is -2.02. The van der Waals surface area contributed by atoms with Gasteiger partial charge in [0.25, 0.3) is 0 Å². The molecule has 2 aromatic carbocycles. The molecule has 0 fully saturated rings. The molecule has 0 bridgehead atoms. The van der Waals surface area contributed by atoms with Crippen molar-refractivity contribution in [3.8, 4) is 5.75 Å². The number of phenols is 1. The highest BCUT2D eigenvalue weighted by atomic mass is 16.3. The minimum absolute atomic E-state index is 0.188. The first-order valence-electron chi connectivity index (χ1n) is 7.27. The van der Waals surface area contributed by atoms with Gasteiger partial charge in [-0.2, -0.15) is 0 Å². The molecule has 2 rings (SSSR count). The van der Waals surface area contributed by atoms with E-state index in [1.807, 2.05) is 19.1 Å². The van der Waals surface area contributed by atoms with Crippen molar-refractivity contribution in [1.29, 1.82) is 0 Å². The van der Waals surface area contributed by atoms with Crippen molar-refractivity contribution in [1.82, 2.24) is 0 Å². The molecule has 1 unspecified atom stereocenters. The second-order valence-electron chi connectivity index (χ2n) is 5.83. The van der Waals surface area contributed by atoms with E-state index in [0.717, 1.165) is 16.7 Å². The summed E-state index contributed by atoms with van der Waals surface area (Å²) in [6.07, 6.45) is 0.499. The van der Waals surface area contributed by atoms with Crippen LogP contribution in [0.1, 0.15) is 47.6 Å². The average Bonchev–Trinajstić information content (AvgIpc) is 2.43. The molecule has 0 amide bonds. The van der Waals surface area contributed by atoms with Gasteiger partial charge in [-0.1, -0.05) is 37.3 Å². The molecule has 2 aromatic rings. The lowest BCUT2D eigenvalue weighted by Gasteiger charge is -2.16. The van der Waals surface area contributed by atoms with Crippen molar-refractivity contribution in [2.24, 2.45) is 0 Å². The monoisotopic (exact) mass is 282 g/mol. The lowest BCUT2D eigenvalue weighted by atomic mass is 9.89. The third-order valence-corrected chi connectivity index (χ3v) is 4.03. The maximum Gasteiger partial charge on any atom is 0.134 e. The van der Waals surface area contributed by atoms with Crippen LogP contribution in [-0.2, 0) is 11.2 Å². The predicted octanol–water partition coefficient (Wildman–Crippen LogP) is 4.29. The Hall–Kier alpha value is -2.09. The van der Waals surface area contributed by atoms with Gasteiger partial charge in [-0.3, -0.25) is 4.79 Å². The Bertz CT molecular complexity index is 671. The maximum absolute atomic E-state index is 11.3. The summed E-state index contributed by atoms with van der Waals surface area (Å²) in [5.41, 5.74) is 5.56. The van der Waals surface area contributed by atoms with Crippen LogP contribution >= 0.6 is 0 Å². The molecule has 0 saturated carbocycles. The van der Waals surface area contributed by atoms with Gasteiger partial charge < -0.3 is 5.11 Å². The summed E-state index contributed by atoms with van der Waals surface area (Å²) in [6, 6.07) is 12.0. The maximum atomic E-state index is 11.3. The van der Waals surface area contributed by atoms with Gasteiger partial charge in [0, 0.05) is 12.3 Å². The fourth-order valence-electron chi connectivity index (χ4n) is 2.60. The number of hydrogen-bond donors (Lipinski definition) is 1. The van der Waals surface area contributed by atoms with E-state index in [2.05, 4.69) is 32.0 Å². The van der Waals surface area contributed by atoms with Gasteiger partial charge in [0.2, 0.25) is 0 Å². The van der Waals surface area contributed by atoms with E-state index in [1.165, 1.54) is 11.1 Å². The van der Waals surface area contributed by atoms with Crippen LogP contribution in [0.2, 0.25) is 0 Å². The van der Waals surface area contributed by atoms with Crippen LogP contribution < -0.4 is 0 Å². The number of Topliss-reactive ketones (excluding diaryl/α,β-unsaturated/α-hetero) is 1. The molecule has 1 atom stereocenters. The molecule has 0 aliphatic rings. The Balaban J connectivity index is 2.30. The number of rotatable bonds is 4. The summed E-state index contributed by atoms with van der Waals surface area (Å²) in [7, 11) is 0. The van der Waals surface area contributed by atoms with E-state index in [0.29, 0.717) is 12.2 Å². The minimum atomic E-state index is 0.188. The second-order valence-corrected chi connectivity index (χ2v) is 5.83. The third kappa shape index (κ3) is 3.52. The molecular formula is C19H22O2. The van der Waals surface area contributed by atoms with Crippen LogP contribution in [0.3, 0.4) is 0 Å². The molecule has 0 saturated heterocycles. The van der Waals surface area contributed by atoms with Gasteiger partial charge in [0.15, 0.2) is 0 Å². The van der Waals surface area contributed by atoms with Crippen molar-refractivity contribution < 1.29 is 9.90 Å². The fourth-order valence-corrected chi connectivity index (χ4v) is 2.60. The fraction of sp³-hybridized carbons (Fsp3) is 0.316. The molecule has 0 aromatic heterocycles. The van der Waals surface area contributed by atoms with Crippen molar-refractivity contribution in [3.05, 3.63) is 64.2 Å². The van der Waals surface area contributed by atoms with Crippen molar-refractivity contribution in [2.75, 3.05) is 0 Å². The first-order valence-corrected chi connectivity index (χ1v) is 7.27. The molecule has 0 radical (unpaired) electrons. The largest absolute Gasteiger partial charge is 0.508 e. The number of ketones is 1. The summed E-state index contributed by atoms with van der Waals surface area (Å²) in [6.45, 7) is 7.74. The standard InChI is InChI=1S/C19H22O2/c1-12-9-17(6-5-16(12)11-14(3)20)15(4)18-7-8-19(21)13(2)10-18/h5-10,15,21H,11H2,1-4H3. The van der Waals surface area contributed by atoms with Crippen LogP contribution in [0.4, 0.5) is 0 Å². The van der Waals surface area contributed by atoms with Crippen molar-refractivity contribution in [3.63, 3.8) is 0 Å². The molecule has 110 valence electrons. The van der Waals surface area contributed by atoms with Gasteiger partial charge >= 0.3 is 0 Å². The Kier molecular flexibility index (Phi) is 4.46. The van der Waals surface area contributed by atoms with E-state index in [1.54, 1.807) is 13.0 Å². The zero-order valence-corrected chi connectivity index (χ0v) is 13.1. The highest BCUT2D eigenvalue weighted by molar-refractivity contribution is 5.78. The third-order valence-electron chi connectivity index (χ3n) is 4.03. The van der Waals surface area contributed by atoms with Crippen molar-refractivity contribution >= 4 is 5.78 Å². The first kappa shape index (κ1) is 15.3. The number of aryl methyl sites for hydroxylation is 2. The summed E-state index contributed by atoms with van der Waals surface area (Å²) in [5.74, 6) is 0.779. The highest BCUT2D eigenvalue weighted by Crippen LogP contribution is 2.29. The number of benzene rings is 2. The summed E-state index contributed by atoms with van der Waals surface area (Å²) < 4.78 is 0. The Labute approximate surface area is 126 Å². The lowest BCUT2D eigenvalue weighted by molar-refractivity contribution is -0.116. The first-order chi connectivity index (χ1) is 9.88. The number of phenolic OH excluding ortho intramolecular Hbond substituents is 1. The summed E-state index contributed by atoms with van der Waals surface area (Å²) >= 11 is 0. The topological polar surface area (TPSA) is 37.3 Å². The van der Waals surface area contributed by atoms with Crippen LogP contribution in [-0.4, -0.2) is 10.9 Å². The normalized spacial score (nSPS) is 12.2. The van der Waals surface area contributed by atoms with Gasteiger partial charge in [-0.15, -0.1) is 0 Å². The summed E-state index contributed by atoms with van der Waals surface area (Å²) in [5, 5.41) is 9.63. The van der Waals surface area contributed by atoms with E-state index >= 15 is 0 Å². The minimum Gasteiger partial charge on any atom is -0.508 e. The number of carbonyl (C=O) groups excluding carboxylic acids is 1. The molecule has 1 N–H and O–H groups in total. The second kappa shape index (κ2) is 6.13. The van der Waals surface area contributed by atoms with E-state index in [4.69, 9.17) is 0 Å². The van der Waals surface area contributed by atoms with Gasteiger partial charge in [-0.05, 0) is 54.7 Å². The molecule has 0 aliphatic heterocycles. The van der Waals surface area contributed by atoms with Crippen molar-refractivity contribution in [2.45, 2.75) is 40.0 Å². The quantitative estimate of drug-likeness (QED) is 0.908. The number of aromatic hydroxyl groups is 1. The molecule has 0 spiro atoms. The summed E-state index contributed by atoms with van der Waals surface area (Å²) in [4.78, 5) is 11.3. The molecule has 21 heavy (non-hydrogen) atoms. The van der Waals surface area contributed by atoms with Gasteiger partial charge in [0.05, 0.1) is 0 Å². The highest BCUT2D eigenvalue weighted by Gasteiger charge is 2.11. The number of hydrogen-bond acceptors (Lipinski definition) is 2. The van der Waals surface area contributed by atoms with Crippen LogP contribution in [0.25, 0.3) is 0 Å². The predicted molar refractivity (Wildman–Crippen MR) is 85.9 cm³/mol. The van der Waals surface area contributed by atoms with Crippen LogP contribution in [0.15, 0.2) is 36.4 Å². The van der Waals surface area contributed by atoms with E-state index in [-0.39, 0.29) is 11.7 Å². The van der Waals surface area contributed by atoms with E-state index < -0.39 is 0 Å². The molecule has 0 heterocycles. The zero-order valence-electron chi connectivity index (χ0n) is 13.1. The SMILES string of the molecule is CC(=O)Cc1ccc(C(C)c2ccc(O)c(C)c2)cc1C. The van der Waals surface area contributed by atoms with E-state index in [9.17, 15) is 9.90 Å². The van der Waals surface area contributed by atoms with Gasteiger partial charge in [0.1, 0.15) is 11.5 Å². The Morgan fingerprint density at radius 3 is 2.14 bits per heavy atom. The number of carbonyl (C=O) groups is 1. The molecule has 2 nitrogen and oxygen atoms in total. The average molecular weight is 282 g/mol. The van der Waals surface area contributed by atoms with Crippen LogP contribution in [0.5, 0.6) is 5.75 Å². The molecule has 2 heteroatoms. The molecule has 0 aliphatic carbocycles. The Morgan fingerprint density at radius 1 is 1.05 bits per heavy atom. The van der Waals surface area contributed by atoms with Crippen LogP contribution in [0, 0.1) is 13.8 Å². The van der Waals surface area contributed by atoms with Gasteiger partial charge in [-0.25, -0.2) is 0 Å².